The number of sulfone groups is 1. The molecule has 0 fully saturated rings. The van der Waals surface area contributed by atoms with E-state index in [1.54, 1.807) is 11.4 Å². The van der Waals surface area contributed by atoms with Crippen LogP contribution in [0.5, 0.6) is 0 Å². The third-order valence-electron chi connectivity index (χ3n) is 1.57. The summed E-state index contributed by atoms with van der Waals surface area (Å²) in [4.78, 5) is 0. The number of hydrogen-bond acceptors (Lipinski definition) is 4. The molecule has 70 valence electrons. The molecule has 0 saturated carbocycles. The predicted molar refractivity (Wildman–Crippen MR) is 52.8 cm³/mol. The normalized spacial score (nSPS) is 12.5. The van der Waals surface area contributed by atoms with E-state index >= 15 is 0 Å². The molecule has 6 heteroatoms. The number of thiophene rings is 2. The van der Waals surface area contributed by atoms with E-state index in [0.29, 0.717) is 5.39 Å². The van der Waals surface area contributed by atoms with Gasteiger partial charge in [0.05, 0.1) is 4.01 Å². The molecule has 0 aliphatic rings. The monoisotopic (exact) mass is 236 g/mol. The van der Waals surface area contributed by atoms with Crippen LogP contribution >= 0.6 is 22.7 Å². The van der Waals surface area contributed by atoms with E-state index in [4.69, 9.17) is 0 Å². The quantitative estimate of drug-likeness (QED) is 0.762. The maximum absolute atomic E-state index is 13.4. The van der Waals surface area contributed by atoms with Gasteiger partial charge in [-0.3, -0.25) is 0 Å². The Morgan fingerprint density at radius 1 is 1.46 bits per heavy atom. The lowest BCUT2D eigenvalue weighted by Gasteiger charge is -1.90. The van der Waals surface area contributed by atoms with Crippen molar-refractivity contribution in [3.8, 4) is 0 Å². The smallest absolute Gasteiger partial charge is 0.187 e. The molecular weight excluding hydrogens is 231 g/mol. The summed E-state index contributed by atoms with van der Waals surface area (Å²) in [5, 5.41) is 2.16. The minimum absolute atomic E-state index is 0.158. The highest BCUT2D eigenvalue weighted by Gasteiger charge is 2.20. The lowest BCUT2D eigenvalue weighted by Crippen LogP contribution is -1.95. The predicted octanol–water partition coefficient (Wildman–Crippen LogP) is 2.51. The zero-order chi connectivity index (χ0) is 9.64. The molecule has 2 aromatic rings. The van der Waals surface area contributed by atoms with E-state index in [2.05, 4.69) is 0 Å². The Morgan fingerprint density at radius 2 is 2.15 bits per heavy atom. The van der Waals surface area contributed by atoms with Gasteiger partial charge in [-0.1, -0.05) is 0 Å². The summed E-state index contributed by atoms with van der Waals surface area (Å²) < 4.78 is 36.2. The fraction of sp³-hybridized carbons (Fsp3) is 0.143. The average Bonchev–Trinajstić information content (AvgIpc) is 2.51. The van der Waals surface area contributed by atoms with Gasteiger partial charge in [-0.05, 0) is 11.4 Å². The summed E-state index contributed by atoms with van der Waals surface area (Å²) >= 11 is 2.35. The van der Waals surface area contributed by atoms with Crippen molar-refractivity contribution in [1.29, 1.82) is 0 Å². The molecule has 2 aromatic heterocycles. The second-order valence-electron chi connectivity index (χ2n) is 2.60. The molecule has 0 radical (unpaired) electrons. The third-order valence-corrected chi connectivity index (χ3v) is 5.59. The summed E-state index contributed by atoms with van der Waals surface area (Å²) in [7, 11) is -3.42. The average molecular weight is 236 g/mol. The molecule has 0 amide bonds. The summed E-state index contributed by atoms with van der Waals surface area (Å²) in [5.41, 5.74) is 0. The topological polar surface area (TPSA) is 34.1 Å². The van der Waals surface area contributed by atoms with Gasteiger partial charge < -0.3 is 0 Å². The number of rotatable bonds is 1. The molecular formula is C7H5FO2S3. The van der Waals surface area contributed by atoms with Crippen molar-refractivity contribution in [2.45, 2.75) is 4.21 Å². The van der Waals surface area contributed by atoms with E-state index in [1.165, 1.54) is 11.3 Å². The Morgan fingerprint density at radius 3 is 2.69 bits per heavy atom. The van der Waals surface area contributed by atoms with Gasteiger partial charge in [0.15, 0.2) is 19.9 Å². The van der Waals surface area contributed by atoms with Crippen LogP contribution in [0.2, 0.25) is 0 Å². The van der Waals surface area contributed by atoms with E-state index < -0.39 is 15.7 Å². The Hall–Kier alpha value is -0.460. The first-order valence-corrected chi connectivity index (χ1v) is 6.94. The van der Waals surface area contributed by atoms with Crippen LogP contribution in [0.1, 0.15) is 0 Å². The minimum Gasteiger partial charge on any atom is -0.223 e. The Bertz CT molecular complexity index is 549. The van der Waals surface area contributed by atoms with Crippen molar-refractivity contribution < 1.29 is 12.8 Å². The lowest BCUT2D eigenvalue weighted by atomic mass is 10.4. The van der Waals surface area contributed by atoms with Gasteiger partial charge >= 0.3 is 0 Å². The van der Waals surface area contributed by atoms with Gasteiger partial charge in [-0.2, -0.15) is 0 Å². The molecule has 0 bridgehead atoms. The van der Waals surface area contributed by atoms with Crippen LogP contribution in [0, 0.1) is 5.82 Å². The van der Waals surface area contributed by atoms with Gasteiger partial charge in [0.25, 0.3) is 0 Å². The van der Waals surface area contributed by atoms with Gasteiger partial charge in [-0.15, -0.1) is 22.7 Å². The van der Waals surface area contributed by atoms with Crippen molar-refractivity contribution in [3.63, 3.8) is 0 Å². The second-order valence-corrected chi connectivity index (χ2v) is 7.00. The summed E-state index contributed by atoms with van der Waals surface area (Å²) in [6.07, 6.45) is 1.02. The molecule has 13 heavy (non-hydrogen) atoms. The molecule has 0 saturated heterocycles. The number of hydrogen-bond donors (Lipinski definition) is 0. The molecule has 2 heterocycles. The second kappa shape index (κ2) is 2.76. The minimum atomic E-state index is -3.42. The molecule has 0 unspecified atom stereocenters. The highest BCUT2D eigenvalue weighted by atomic mass is 32.2. The molecule has 0 aliphatic carbocycles. The number of halogens is 1. The maximum Gasteiger partial charge on any atom is 0.187 e. The first-order chi connectivity index (χ1) is 6.00. The first kappa shape index (κ1) is 9.11. The molecule has 0 aromatic carbocycles. The van der Waals surface area contributed by atoms with Crippen molar-refractivity contribution in [3.05, 3.63) is 17.3 Å². The molecule has 0 atom stereocenters. The number of fused-ring (bicyclic) bond motifs is 1. The van der Waals surface area contributed by atoms with Crippen molar-refractivity contribution in [1.82, 2.24) is 0 Å². The van der Waals surface area contributed by atoms with Crippen LogP contribution < -0.4 is 0 Å². The van der Waals surface area contributed by atoms with Crippen molar-refractivity contribution >= 4 is 41.9 Å². The maximum atomic E-state index is 13.4. The molecule has 2 rings (SSSR count). The van der Waals surface area contributed by atoms with Crippen LogP contribution in [0.3, 0.4) is 0 Å². The SMILES string of the molecule is CS(=O)(=O)c1sc2sccc2c1F. The Balaban J connectivity index is 2.86. The van der Waals surface area contributed by atoms with Crippen LogP contribution in [0.4, 0.5) is 4.39 Å². The van der Waals surface area contributed by atoms with E-state index in [9.17, 15) is 12.8 Å². The fourth-order valence-electron chi connectivity index (χ4n) is 1.01. The molecule has 0 N–H and O–H groups in total. The van der Waals surface area contributed by atoms with Gasteiger partial charge in [-0.25, -0.2) is 12.8 Å². The van der Waals surface area contributed by atoms with Gasteiger partial charge in [0.1, 0.15) is 0 Å². The highest BCUT2D eigenvalue weighted by molar-refractivity contribution is 7.93. The zero-order valence-corrected chi connectivity index (χ0v) is 9.02. The first-order valence-electron chi connectivity index (χ1n) is 3.35. The van der Waals surface area contributed by atoms with Crippen LogP contribution in [-0.2, 0) is 9.84 Å². The van der Waals surface area contributed by atoms with Crippen LogP contribution in [-0.4, -0.2) is 14.7 Å². The Kier molecular flexibility index (Phi) is 1.94. The fourth-order valence-corrected chi connectivity index (χ4v) is 4.32. The van der Waals surface area contributed by atoms with E-state index in [-0.39, 0.29) is 4.21 Å². The standard InChI is InChI=1S/C7H5FO2S3/c1-13(9,10)7-5(8)4-2-3-11-6(4)12-7/h2-3H,1H3. The summed E-state index contributed by atoms with van der Waals surface area (Å²) in [5.74, 6) is -0.608. The summed E-state index contributed by atoms with van der Waals surface area (Å²) in [6.45, 7) is 0. The molecule has 0 aliphatic heterocycles. The third kappa shape index (κ3) is 1.38. The van der Waals surface area contributed by atoms with Crippen LogP contribution in [0.15, 0.2) is 15.7 Å². The molecule has 2 nitrogen and oxygen atoms in total. The van der Waals surface area contributed by atoms with E-state index in [0.717, 1.165) is 21.6 Å². The van der Waals surface area contributed by atoms with Gasteiger partial charge in [0.2, 0.25) is 0 Å². The van der Waals surface area contributed by atoms with Crippen molar-refractivity contribution in [2.24, 2.45) is 0 Å². The van der Waals surface area contributed by atoms with Gasteiger partial charge in [0, 0.05) is 11.6 Å². The highest BCUT2D eigenvalue weighted by Crippen LogP contribution is 2.36. The zero-order valence-electron chi connectivity index (χ0n) is 6.57. The summed E-state index contributed by atoms with van der Waals surface area (Å²) in [6, 6.07) is 1.60. The largest absolute Gasteiger partial charge is 0.223 e. The van der Waals surface area contributed by atoms with Crippen molar-refractivity contribution in [2.75, 3.05) is 6.26 Å². The van der Waals surface area contributed by atoms with Crippen LogP contribution in [0.25, 0.3) is 9.40 Å². The van der Waals surface area contributed by atoms with E-state index in [1.807, 2.05) is 0 Å². The Labute approximate surface area is 82.5 Å². The molecule has 0 spiro atoms. The lowest BCUT2D eigenvalue weighted by molar-refractivity contribution is 0.584.